The van der Waals surface area contributed by atoms with Gasteiger partial charge in [-0.2, -0.15) is 0 Å². The summed E-state index contributed by atoms with van der Waals surface area (Å²) in [6.07, 6.45) is 3.38. The van der Waals surface area contributed by atoms with E-state index < -0.39 is 11.7 Å². The van der Waals surface area contributed by atoms with Crippen LogP contribution in [0.3, 0.4) is 0 Å². The summed E-state index contributed by atoms with van der Waals surface area (Å²) in [4.78, 5) is 25.6. The molecule has 0 aliphatic heterocycles. The largest absolute Gasteiger partial charge is 0.444 e. The van der Waals surface area contributed by atoms with Crippen molar-refractivity contribution in [1.29, 1.82) is 0 Å². The standard InChI is InChI=1S/C23H28IN3O4/c1-13-18-20(26-31-13)19-16(24)9-6-10-17(19)27(21(18)28)15-8-5-7-14(11-15)12-25-22(29)30-23(2,3)4/h6,9-10,14-15H,5,7-8,11-12H2,1-4H3,(H,25,29). The number of nitrogens with zero attached hydrogens (tertiary/aromatic N) is 2. The van der Waals surface area contributed by atoms with Crippen LogP contribution in [0, 0.1) is 16.4 Å². The second kappa shape index (κ2) is 8.44. The molecule has 1 aromatic carbocycles. The summed E-state index contributed by atoms with van der Waals surface area (Å²) >= 11 is 2.29. The molecular formula is C23H28IN3O4. The van der Waals surface area contributed by atoms with E-state index in [1.807, 2.05) is 43.5 Å². The maximum Gasteiger partial charge on any atom is 0.407 e. The van der Waals surface area contributed by atoms with Crippen molar-refractivity contribution in [1.82, 2.24) is 15.0 Å². The third-order valence-corrected chi connectivity index (χ3v) is 6.74. The molecule has 0 saturated heterocycles. The average molecular weight is 537 g/mol. The zero-order chi connectivity index (χ0) is 22.3. The average Bonchev–Trinajstić information content (AvgIpc) is 3.07. The van der Waals surface area contributed by atoms with Gasteiger partial charge >= 0.3 is 6.09 Å². The van der Waals surface area contributed by atoms with Gasteiger partial charge in [-0.25, -0.2) is 4.79 Å². The molecule has 0 radical (unpaired) electrons. The lowest BCUT2D eigenvalue weighted by Crippen LogP contribution is -2.37. The number of hydrogen-bond acceptors (Lipinski definition) is 5. The second-order valence-corrected chi connectivity index (χ2v) is 10.5. The highest BCUT2D eigenvalue weighted by Gasteiger charge is 2.28. The van der Waals surface area contributed by atoms with E-state index in [1.54, 1.807) is 6.92 Å². The molecule has 1 aliphatic carbocycles. The van der Waals surface area contributed by atoms with Gasteiger partial charge in [-0.05, 0) is 87.6 Å². The smallest absolute Gasteiger partial charge is 0.407 e. The van der Waals surface area contributed by atoms with Gasteiger partial charge in [-0.3, -0.25) is 4.79 Å². The first-order chi connectivity index (χ1) is 14.7. The number of fused-ring (bicyclic) bond motifs is 3. The zero-order valence-electron chi connectivity index (χ0n) is 18.3. The molecule has 2 unspecified atom stereocenters. The molecule has 2 heterocycles. The number of nitrogens with one attached hydrogen (secondary N) is 1. The van der Waals surface area contributed by atoms with E-state index in [0.717, 1.165) is 40.2 Å². The molecular weight excluding hydrogens is 509 g/mol. The fraction of sp³-hybridized carbons (Fsp3) is 0.522. The van der Waals surface area contributed by atoms with Gasteiger partial charge in [0, 0.05) is 21.5 Å². The van der Waals surface area contributed by atoms with E-state index >= 15 is 0 Å². The van der Waals surface area contributed by atoms with E-state index in [1.165, 1.54) is 0 Å². The number of rotatable bonds is 3. The molecule has 1 saturated carbocycles. The third-order valence-electron chi connectivity index (χ3n) is 5.84. The van der Waals surface area contributed by atoms with Gasteiger partial charge in [0.05, 0.1) is 5.52 Å². The van der Waals surface area contributed by atoms with Crippen molar-refractivity contribution in [2.75, 3.05) is 6.54 Å². The molecule has 7 nitrogen and oxygen atoms in total. The minimum atomic E-state index is -0.519. The predicted molar refractivity (Wildman–Crippen MR) is 128 cm³/mol. The molecule has 2 atom stereocenters. The summed E-state index contributed by atoms with van der Waals surface area (Å²) in [5.74, 6) is 0.838. The number of alkyl carbamates (subject to hydrolysis) is 1. The maximum atomic E-state index is 13.5. The Morgan fingerprint density at radius 1 is 1.32 bits per heavy atom. The molecule has 1 amide bonds. The lowest BCUT2D eigenvalue weighted by molar-refractivity contribution is 0.0512. The normalized spacial score (nSPS) is 19.6. The van der Waals surface area contributed by atoms with E-state index in [0.29, 0.717) is 23.2 Å². The van der Waals surface area contributed by atoms with Gasteiger partial charge in [0.25, 0.3) is 5.56 Å². The number of amides is 1. The van der Waals surface area contributed by atoms with E-state index in [4.69, 9.17) is 9.26 Å². The molecule has 4 rings (SSSR count). The first-order valence-electron chi connectivity index (χ1n) is 10.7. The fourth-order valence-corrected chi connectivity index (χ4v) is 5.30. The first-order valence-corrected chi connectivity index (χ1v) is 11.8. The number of halogens is 1. The van der Waals surface area contributed by atoms with Gasteiger partial charge < -0.3 is 19.1 Å². The minimum absolute atomic E-state index is 0.0472. The Hall–Kier alpha value is -2.10. The third kappa shape index (κ3) is 4.44. The molecule has 1 N–H and O–H groups in total. The lowest BCUT2D eigenvalue weighted by Gasteiger charge is -2.32. The summed E-state index contributed by atoms with van der Waals surface area (Å²) in [6.45, 7) is 7.89. The number of pyridine rings is 1. The van der Waals surface area contributed by atoms with Crippen molar-refractivity contribution in [2.24, 2.45) is 5.92 Å². The van der Waals surface area contributed by atoms with Gasteiger partial charge in [0.1, 0.15) is 22.3 Å². The predicted octanol–water partition coefficient (Wildman–Crippen LogP) is 5.31. The van der Waals surface area contributed by atoms with Crippen LogP contribution in [0.4, 0.5) is 4.79 Å². The Kier molecular flexibility index (Phi) is 6.02. The number of ether oxygens (including phenoxy) is 1. The van der Waals surface area contributed by atoms with Crippen LogP contribution in [0.5, 0.6) is 0 Å². The monoisotopic (exact) mass is 537 g/mol. The van der Waals surface area contributed by atoms with E-state index in [-0.39, 0.29) is 17.5 Å². The van der Waals surface area contributed by atoms with Crippen LogP contribution >= 0.6 is 22.6 Å². The summed E-state index contributed by atoms with van der Waals surface area (Å²) in [6, 6.07) is 6.05. The van der Waals surface area contributed by atoms with Crippen LogP contribution in [0.25, 0.3) is 21.8 Å². The first kappa shape index (κ1) is 22.1. The fourth-order valence-electron chi connectivity index (χ4n) is 4.56. The Bertz CT molecular complexity index is 1190. The Balaban J connectivity index is 1.66. The quantitative estimate of drug-likeness (QED) is 0.458. The number of aromatic nitrogens is 2. The zero-order valence-corrected chi connectivity index (χ0v) is 20.5. The molecule has 31 heavy (non-hydrogen) atoms. The summed E-state index contributed by atoms with van der Waals surface area (Å²) in [5.41, 5.74) is 0.962. The summed E-state index contributed by atoms with van der Waals surface area (Å²) in [5, 5.41) is 8.62. The van der Waals surface area contributed by atoms with Gasteiger partial charge in [0.2, 0.25) is 0 Å². The minimum Gasteiger partial charge on any atom is -0.444 e. The van der Waals surface area contributed by atoms with Crippen LogP contribution in [-0.4, -0.2) is 28.0 Å². The summed E-state index contributed by atoms with van der Waals surface area (Å²) < 4.78 is 13.7. The van der Waals surface area contributed by atoms with E-state index in [2.05, 4.69) is 33.1 Å². The maximum absolute atomic E-state index is 13.5. The van der Waals surface area contributed by atoms with Crippen LogP contribution in [0.15, 0.2) is 27.5 Å². The highest BCUT2D eigenvalue weighted by atomic mass is 127. The molecule has 3 aromatic rings. The van der Waals surface area contributed by atoms with Crippen molar-refractivity contribution in [3.8, 4) is 0 Å². The highest BCUT2D eigenvalue weighted by molar-refractivity contribution is 14.1. The molecule has 8 heteroatoms. The van der Waals surface area contributed by atoms with Gasteiger partial charge in [-0.1, -0.05) is 17.6 Å². The van der Waals surface area contributed by atoms with Crippen LogP contribution in [-0.2, 0) is 4.74 Å². The number of carbonyl (C=O) groups excluding carboxylic acids is 1. The number of hydrogen-bond donors (Lipinski definition) is 1. The lowest BCUT2D eigenvalue weighted by atomic mass is 9.85. The molecule has 2 aromatic heterocycles. The topological polar surface area (TPSA) is 86.4 Å². The number of aryl methyl sites for hydroxylation is 1. The van der Waals surface area contributed by atoms with Crippen molar-refractivity contribution < 1.29 is 14.1 Å². The Morgan fingerprint density at radius 2 is 2.10 bits per heavy atom. The van der Waals surface area contributed by atoms with Crippen LogP contribution < -0.4 is 10.9 Å². The Labute approximate surface area is 194 Å². The molecule has 0 bridgehead atoms. The number of benzene rings is 1. The Morgan fingerprint density at radius 3 is 2.84 bits per heavy atom. The number of carbonyl (C=O) groups is 1. The van der Waals surface area contributed by atoms with Crippen LogP contribution in [0.1, 0.15) is 58.3 Å². The SMILES string of the molecule is Cc1onc2c1c(=O)n(C1CCCC(CNC(=O)OC(C)(C)C)C1)c1cccc(I)c21. The van der Waals surface area contributed by atoms with Crippen molar-refractivity contribution in [2.45, 2.75) is 65.0 Å². The summed E-state index contributed by atoms with van der Waals surface area (Å²) in [7, 11) is 0. The van der Waals surface area contributed by atoms with Crippen molar-refractivity contribution in [3.63, 3.8) is 0 Å². The van der Waals surface area contributed by atoms with Crippen LogP contribution in [0.2, 0.25) is 0 Å². The molecule has 0 spiro atoms. The van der Waals surface area contributed by atoms with Crippen molar-refractivity contribution >= 4 is 50.5 Å². The highest BCUT2D eigenvalue weighted by Crippen LogP contribution is 2.36. The van der Waals surface area contributed by atoms with Gasteiger partial charge in [-0.15, -0.1) is 0 Å². The second-order valence-electron chi connectivity index (χ2n) is 9.34. The van der Waals surface area contributed by atoms with E-state index in [9.17, 15) is 9.59 Å². The molecule has 1 fully saturated rings. The molecule has 166 valence electrons. The molecule has 1 aliphatic rings. The van der Waals surface area contributed by atoms with Crippen molar-refractivity contribution in [3.05, 3.63) is 37.9 Å². The van der Waals surface area contributed by atoms with Gasteiger partial charge in [0.15, 0.2) is 0 Å².